The molecule has 160 valence electrons. The molecule has 4 rings (SSSR count). The number of nitro groups is 1. The SMILES string of the molecule is Cc1nn(-c2ccccc2)c(C)c1/C=N/NC(=O)c1cc(-c2cccc([N+](=O)[O-])c2)n[nH]1. The summed E-state index contributed by atoms with van der Waals surface area (Å²) >= 11 is 0. The zero-order valence-electron chi connectivity index (χ0n) is 17.3. The van der Waals surface area contributed by atoms with Gasteiger partial charge in [0.1, 0.15) is 5.69 Å². The highest BCUT2D eigenvalue weighted by molar-refractivity contribution is 5.94. The Morgan fingerprint density at radius 3 is 2.69 bits per heavy atom. The molecule has 0 aliphatic rings. The molecule has 0 radical (unpaired) electrons. The number of hydrazone groups is 1. The van der Waals surface area contributed by atoms with E-state index in [-0.39, 0.29) is 11.4 Å². The topological polar surface area (TPSA) is 131 Å². The predicted molar refractivity (Wildman–Crippen MR) is 119 cm³/mol. The molecule has 0 atom stereocenters. The molecule has 32 heavy (non-hydrogen) atoms. The number of benzene rings is 2. The maximum atomic E-state index is 12.4. The first-order valence-electron chi connectivity index (χ1n) is 9.69. The highest BCUT2D eigenvalue weighted by Gasteiger charge is 2.14. The van der Waals surface area contributed by atoms with E-state index >= 15 is 0 Å². The fourth-order valence-corrected chi connectivity index (χ4v) is 3.24. The van der Waals surface area contributed by atoms with Crippen molar-refractivity contribution in [1.29, 1.82) is 0 Å². The van der Waals surface area contributed by atoms with Crippen LogP contribution in [0.2, 0.25) is 0 Å². The minimum atomic E-state index is -0.490. The number of H-pyrrole nitrogens is 1. The Labute approximate surface area is 182 Å². The van der Waals surface area contributed by atoms with Crippen molar-refractivity contribution < 1.29 is 9.72 Å². The monoisotopic (exact) mass is 429 g/mol. The number of hydrogen-bond donors (Lipinski definition) is 2. The number of hydrogen-bond acceptors (Lipinski definition) is 6. The number of aromatic amines is 1. The summed E-state index contributed by atoms with van der Waals surface area (Å²) in [5.74, 6) is -0.490. The molecule has 2 N–H and O–H groups in total. The molecule has 0 unspecified atom stereocenters. The van der Waals surface area contributed by atoms with Crippen LogP contribution in [0.5, 0.6) is 0 Å². The van der Waals surface area contributed by atoms with Crippen LogP contribution in [0.15, 0.2) is 65.8 Å². The van der Waals surface area contributed by atoms with Crippen molar-refractivity contribution >= 4 is 17.8 Å². The molecule has 10 nitrogen and oxygen atoms in total. The molecule has 0 bridgehead atoms. The summed E-state index contributed by atoms with van der Waals surface area (Å²) < 4.78 is 1.82. The van der Waals surface area contributed by atoms with Crippen LogP contribution in [0.1, 0.15) is 27.4 Å². The standard InChI is InChI=1S/C22H19N7O3/c1-14-19(15(2)28(27-14)17-8-4-3-5-9-17)13-23-26-22(30)21-12-20(24-25-21)16-7-6-10-18(11-16)29(31)32/h3-13H,1-2H3,(H,24,25)(H,26,30)/b23-13+. The fraction of sp³-hybridized carbons (Fsp3) is 0.0909. The second kappa shape index (κ2) is 8.64. The van der Waals surface area contributed by atoms with Crippen molar-refractivity contribution in [2.24, 2.45) is 5.10 Å². The quantitative estimate of drug-likeness (QED) is 0.275. The Hall–Kier alpha value is -4.60. The smallest absolute Gasteiger partial charge is 0.272 e. The number of aromatic nitrogens is 4. The van der Waals surface area contributed by atoms with E-state index in [4.69, 9.17) is 0 Å². The zero-order valence-corrected chi connectivity index (χ0v) is 17.3. The molecule has 4 aromatic rings. The van der Waals surface area contributed by atoms with Crippen LogP contribution < -0.4 is 5.43 Å². The predicted octanol–water partition coefficient (Wildman–Crippen LogP) is 3.55. The van der Waals surface area contributed by atoms with Gasteiger partial charge in [0.25, 0.3) is 11.6 Å². The highest BCUT2D eigenvalue weighted by atomic mass is 16.6. The first-order chi connectivity index (χ1) is 15.4. The molecule has 0 aliphatic carbocycles. The third-order valence-corrected chi connectivity index (χ3v) is 4.88. The lowest BCUT2D eigenvalue weighted by molar-refractivity contribution is -0.384. The maximum Gasteiger partial charge on any atom is 0.289 e. The van der Waals surface area contributed by atoms with E-state index in [0.717, 1.165) is 22.6 Å². The molecular formula is C22H19N7O3. The van der Waals surface area contributed by atoms with Gasteiger partial charge in [-0.15, -0.1) is 0 Å². The summed E-state index contributed by atoms with van der Waals surface area (Å²) in [5, 5.41) is 26.2. The molecule has 2 aromatic heterocycles. The van der Waals surface area contributed by atoms with E-state index in [9.17, 15) is 14.9 Å². The van der Waals surface area contributed by atoms with Crippen molar-refractivity contribution in [3.63, 3.8) is 0 Å². The van der Waals surface area contributed by atoms with E-state index in [1.54, 1.807) is 18.3 Å². The lowest BCUT2D eigenvalue weighted by Crippen LogP contribution is -2.18. The van der Waals surface area contributed by atoms with Crippen molar-refractivity contribution in [1.82, 2.24) is 25.4 Å². The number of nitrogens with one attached hydrogen (secondary N) is 2. The van der Waals surface area contributed by atoms with Gasteiger partial charge in [-0.05, 0) is 32.0 Å². The van der Waals surface area contributed by atoms with Gasteiger partial charge in [0.05, 0.1) is 33.9 Å². The van der Waals surface area contributed by atoms with E-state index < -0.39 is 10.8 Å². The van der Waals surface area contributed by atoms with Gasteiger partial charge in [0.2, 0.25) is 0 Å². The molecule has 1 amide bonds. The van der Waals surface area contributed by atoms with Crippen LogP contribution in [0.4, 0.5) is 5.69 Å². The van der Waals surface area contributed by atoms with Crippen LogP contribution in [-0.4, -0.2) is 37.0 Å². The van der Waals surface area contributed by atoms with Crippen LogP contribution in [0.3, 0.4) is 0 Å². The summed E-state index contributed by atoms with van der Waals surface area (Å²) in [5.41, 5.74) is 6.93. The summed E-state index contributed by atoms with van der Waals surface area (Å²) in [6.07, 6.45) is 1.55. The van der Waals surface area contributed by atoms with Gasteiger partial charge in [-0.25, -0.2) is 10.1 Å². The average molecular weight is 429 g/mol. The summed E-state index contributed by atoms with van der Waals surface area (Å²) in [4.78, 5) is 22.9. The first-order valence-corrected chi connectivity index (χ1v) is 9.69. The lowest BCUT2D eigenvalue weighted by Gasteiger charge is -2.03. The van der Waals surface area contributed by atoms with Crippen LogP contribution in [0, 0.1) is 24.0 Å². The molecule has 0 saturated carbocycles. The molecule has 0 spiro atoms. The molecule has 10 heteroatoms. The van der Waals surface area contributed by atoms with Crippen LogP contribution >= 0.6 is 0 Å². The Morgan fingerprint density at radius 1 is 1.16 bits per heavy atom. The molecule has 2 aromatic carbocycles. The van der Waals surface area contributed by atoms with Crippen LogP contribution in [-0.2, 0) is 0 Å². The van der Waals surface area contributed by atoms with Crippen molar-refractivity contribution in [3.05, 3.63) is 93.4 Å². The number of nitro benzene ring substituents is 1. The van der Waals surface area contributed by atoms with E-state index in [2.05, 4.69) is 25.8 Å². The summed E-state index contributed by atoms with van der Waals surface area (Å²) in [6, 6.07) is 17.3. The minimum absolute atomic E-state index is 0.0529. The zero-order chi connectivity index (χ0) is 22.7. The van der Waals surface area contributed by atoms with Crippen molar-refractivity contribution in [2.45, 2.75) is 13.8 Å². The summed E-state index contributed by atoms with van der Waals surface area (Å²) in [6.45, 7) is 3.80. The first kappa shape index (κ1) is 20.7. The van der Waals surface area contributed by atoms with Gasteiger partial charge < -0.3 is 0 Å². The molecule has 2 heterocycles. The summed E-state index contributed by atoms with van der Waals surface area (Å²) in [7, 11) is 0. The van der Waals surface area contributed by atoms with Gasteiger partial charge in [-0.1, -0.05) is 30.3 Å². The maximum absolute atomic E-state index is 12.4. The number of aryl methyl sites for hydroxylation is 1. The van der Waals surface area contributed by atoms with E-state index in [0.29, 0.717) is 11.3 Å². The lowest BCUT2D eigenvalue weighted by atomic mass is 10.1. The minimum Gasteiger partial charge on any atom is -0.272 e. The number of rotatable bonds is 6. The largest absolute Gasteiger partial charge is 0.289 e. The number of nitrogens with zero attached hydrogens (tertiary/aromatic N) is 5. The van der Waals surface area contributed by atoms with Gasteiger partial charge in [-0.3, -0.25) is 20.0 Å². The number of amides is 1. The Balaban J connectivity index is 1.48. The van der Waals surface area contributed by atoms with E-state index in [1.165, 1.54) is 18.2 Å². The number of non-ortho nitro benzene ring substituents is 1. The second-order valence-electron chi connectivity index (χ2n) is 7.01. The van der Waals surface area contributed by atoms with Gasteiger partial charge in [0.15, 0.2) is 0 Å². The molecule has 0 saturated heterocycles. The van der Waals surface area contributed by atoms with Gasteiger partial charge in [0, 0.05) is 23.3 Å². The highest BCUT2D eigenvalue weighted by Crippen LogP contribution is 2.22. The number of carbonyl (C=O) groups excluding carboxylic acids is 1. The Kier molecular flexibility index (Phi) is 5.58. The third-order valence-electron chi connectivity index (χ3n) is 4.88. The molecular weight excluding hydrogens is 410 g/mol. The molecule has 0 aliphatic heterocycles. The Bertz CT molecular complexity index is 1320. The molecule has 0 fully saturated rings. The average Bonchev–Trinajstić information content (AvgIpc) is 3.40. The fourth-order valence-electron chi connectivity index (χ4n) is 3.24. The number of carbonyl (C=O) groups is 1. The Morgan fingerprint density at radius 2 is 1.94 bits per heavy atom. The second-order valence-corrected chi connectivity index (χ2v) is 7.01. The van der Waals surface area contributed by atoms with E-state index in [1.807, 2.05) is 48.9 Å². The van der Waals surface area contributed by atoms with Gasteiger partial charge in [-0.2, -0.15) is 15.3 Å². The number of para-hydroxylation sites is 1. The van der Waals surface area contributed by atoms with Gasteiger partial charge >= 0.3 is 0 Å². The van der Waals surface area contributed by atoms with Crippen molar-refractivity contribution in [3.8, 4) is 16.9 Å². The van der Waals surface area contributed by atoms with Crippen molar-refractivity contribution in [2.75, 3.05) is 0 Å². The normalized spacial score (nSPS) is 11.1. The third kappa shape index (κ3) is 4.15. The van der Waals surface area contributed by atoms with Crippen LogP contribution in [0.25, 0.3) is 16.9 Å².